The van der Waals surface area contributed by atoms with Crippen molar-refractivity contribution in [1.82, 2.24) is 4.90 Å². The van der Waals surface area contributed by atoms with E-state index in [4.69, 9.17) is 23.2 Å². The van der Waals surface area contributed by atoms with E-state index in [1.165, 1.54) is 0 Å². The van der Waals surface area contributed by atoms with E-state index in [1.54, 1.807) is 11.0 Å². The molecule has 1 atom stereocenters. The van der Waals surface area contributed by atoms with E-state index >= 15 is 0 Å². The Morgan fingerprint density at radius 3 is 2.04 bits per heavy atom. The normalized spacial score (nSPS) is 20.0. The van der Waals surface area contributed by atoms with Gasteiger partial charge in [0.1, 0.15) is 0 Å². The molecule has 0 aliphatic carbocycles. The number of carbonyl (C=O) groups excluding carboxylic acids is 2. The van der Waals surface area contributed by atoms with Crippen molar-refractivity contribution in [3.05, 3.63) is 58.6 Å². The molecule has 0 bridgehead atoms. The van der Waals surface area contributed by atoms with Crippen molar-refractivity contribution in [2.24, 2.45) is 5.92 Å². The number of halogens is 2. The van der Waals surface area contributed by atoms with Gasteiger partial charge in [0.15, 0.2) is 0 Å². The van der Waals surface area contributed by atoms with Crippen LogP contribution in [0.15, 0.2) is 48.5 Å². The molecule has 0 saturated carbocycles. The van der Waals surface area contributed by atoms with Crippen LogP contribution in [0.1, 0.15) is 6.42 Å². The van der Waals surface area contributed by atoms with Crippen LogP contribution in [0.5, 0.6) is 0 Å². The predicted octanol–water partition coefficient (Wildman–Crippen LogP) is 3.70. The van der Waals surface area contributed by atoms with Crippen LogP contribution in [0.2, 0.25) is 10.0 Å². The molecule has 0 radical (unpaired) electrons. The first-order valence-electron chi connectivity index (χ1n) is 9.38. The maximum atomic E-state index is 13.0. The molecule has 2 aliphatic rings. The fourth-order valence-corrected chi connectivity index (χ4v) is 4.40. The van der Waals surface area contributed by atoms with Gasteiger partial charge in [0.2, 0.25) is 11.8 Å². The van der Waals surface area contributed by atoms with Crippen LogP contribution in [-0.2, 0) is 9.59 Å². The molecular weight excluding hydrogens is 397 g/mol. The van der Waals surface area contributed by atoms with Gasteiger partial charge in [0.25, 0.3) is 0 Å². The number of para-hydroxylation sites is 2. The van der Waals surface area contributed by atoms with Gasteiger partial charge >= 0.3 is 0 Å². The van der Waals surface area contributed by atoms with Crippen molar-refractivity contribution in [2.45, 2.75) is 6.42 Å². The Balaban J connectivity index is 1.39. The molecule has 0 N–H and O–H groups in total. The first-order chi connectivity index (χ1) is 13.5. The average molecular weight is 418 g/mol. The van der Waals surface area contributed by atoms with Crippen LogP contribution in [0.25, 0.3) is 0 Å². The molecule has 28 heavy (non-hydrogen) atoms. The second-order valence-electron chi connectivity index (χ2n) is 7.12. The highest BCUT2D eigenvalue weighted by atomic mass is 35.5. The highest BCUT2D eigenvalue weighted by Gasteiger charge is 2.38. The summed E-state index contributed by atoms with van der Waals surface area (Å²) in [6.45, 7) is 3.09. The first kappa shape index (κ1) is 19.1. The number of piperazine rings is 1. The van der Waals surface area contributed by atoms with Crippen molar-refractivity contribution in [2.75, 3.05) is 42.5 Å². The molecule has 146 valence electrons. The largest absolute Gasteiger partial charge is 0.367 e. The van der Waals surface area contributed by atoms with Crippen LogP contribution >= 0.6 is 23.2 Å². The van der Waals surface area contributed by atoms with Gasteiger partial charge in [0, 0.05) is 39.1 Å². The predicted molar refractivity (Wildman–Crippen MR) is 112 cm³/mol. The van der Waals surface area contributed by atoms with E-state index in [0.717, 1.165) is 23.8 Å². The van der Waals surface area contributed by atoms with Crippen molar-refractivity contribution in [3.8, 4) is 0 Å². The van der Waals surface area contributed by atoms with Crippen molar-refractivity contribution < 1.29 is 9.59 Å². The lowest BCUT2D eigenvalue weighted by Gasteiger charge is -2.37. The molecule has 2 aliphatic heterocycles. The summed E-state index contributed by atoms with van der Waals surface area (Å²) in [6, 6.07) is 15.0. The molecule has 2 amide bonds. The van der Waals surface area contributed by atoms with Gasteiger partial charge in [-0.1, -0.05) is 47.5 Å². The standard InChI is InChI=1S/C21H21Cl2N3O2/c22-16-5-1-3-7-18(16)24-9-11-25(12-10-24)21(28)15-13-20(27)26(14-15)19-8-4-2-6-17(19)23/h1-8,15H,9-14H2. The zero-order valence-corrected chi connectivity index (χ0v) is 16.9. The lowest BCUT2D eigenvalue weighted by molar-refractivity contribution is -0.136. The van der Waals surface area contributed by atoms with E-state index in [1.807, 2.05) is 47.4 Å². The van der Waals surface area contributed by atoms with Crippen LogP contribution in [0.3, 0.4) is 0 Å². The Labute approximate surface area is 174 Å². The zero-order chi connectivity index (χ0) is 19.7. The second-order valence-corrected chi connectivity index (χ2v) is 7.93. The van der Waals surface area contributed by atoms with E-state index in [-0.39, 0.29) is 24.2 Å². The number of hydrogen-bond acceptors (Lipinski definition) is 3. The summed E-state index contributed by atoms with van der Waals surface area (Å²) in [5.41, 5.74) is 1.67. The van der Waals surface area contributed by atoms with Gasteiger partial charge in [-0.05, 0) is 24.3 Å². The topological polar surface area (TPSA) is 43.9 Å². The molecule has 1 unspecified atom stereocenters. The third kappa shape index (κ3) is 3.69. The molecule has 2 aromatic rings. The van der Waals surface area contributed by atoms with Gasteiger partial charge in [-0.25, -0.2) is 0 Å². The number of amides is 2. The Morgan fingerprint density at radius 1 is 0.857 bits per heavy atom. The third-order valence-electron chi connectivity index (χ3n) is 5.40. The lowest BCUT2D eigenvalue weighted by atomic mass is 10.1. The first-order valence-corrected chi connectivity index (χ1v) is 10.1. The SMILES string of the molecule is O=C(C1CC(=O)N(c2ccccc2Cl)C1)N1CCN(c2ccccc2Cl)CC1. The number of rotatable bonds is 3. The summed E-state index contributed by atoms with van der Waals surface area (Å²) in [4.78, 5) is 31.1. The Morgan fingerprint density at radius 2 is 1.43 bits per heavy atom. The van der Waals surface area contributed by atoms with Crippen LogP contribution in [-0.4, -0.2) is 49.4 Å². The average Bonchev–Trinajstić information content (AvgIpc) is 3.10. The van der Waals surface area contributed by atoms with E-state index in [9.17, 15) is 9.59 Å². The highest BCUT2D eigenvalue weighted by Crippen LogP contribution is 2.32. The lowest BCUT2D eigenvalue weighted by Crippen LogP contribution is -2.50. The van der Waals surface area contributed by atoms with Crippen molar-refractivity contribution >= 4 is 46.4 Å². The van der Waals surface area contributed by atoms with E-state index in [0.29, 0.717) is 30.3 Å². The fraction of sp³-hybridized carbons (Fsp3) is 0.333. The van der Waals surface area contributed by atoms with Crippen molar-refractivity contribution in [1.29, 1.82) is 0 Å². The number of carbonyl (C=O) groups is 2. The molecule has 2 saturated heterocycles. The van der Waals surface area contributed by atoms with Crippen LogP contribution in [0, 0.1) is 5.92 Å². The quantitative estimate of drug-likeness (QED) is 0.764. The molecule has 0 aromatic heterocycles. The highest BCUT2D eigenvalue weighted by molar-refractivity contribution is 6.34. The second kappa shape index (κ2) is 8.02. The number of nitrogens with zero attached hydrogens (tertiary/aromatic N) is 3. The van der Waals surface area contributed by atoms with Gasteiger partial charge in [-0.3, -0.25) is 9.59 Å². The Kier molecular flexibility index (Phi) is 5.47. The van der Waals surface area contributed by atoms with E-state index in [2.05, 4.69) is 4.90 Å². The summed E-state index contributed by atoms with van der Waals surface area (Å²) >= 11 is 12.5. The molecular formula is C21H21Cl2N3O2. The molecule has 2 fully saturated rings. The minimum atomic E-state index is -0.323. The Bertz CT molecular complexity index is 897. The van der Waals surface area contributed by atoms with Gasteiger partial charge in [-0.15, -0.1) is 0 Å². The Hall–Kier alpha value is -2.24. The smallest absolute Gasteiger partial charge is 0.228 e. The summed E-state index contributed by atoms with van der Waals surface area (Å²) in [6.07, 6.45) is 0.231. The number of anilines is 2. The molecule has 7 heteroatoms. The van der Waals surface area contributed by atoms with Crippen molar-refractivity contribution in [3.63, 3.8) is 0 Å². The number of hydrogen-bond donors (Lipinski definition) is 0. The van der Waals surface area contributed by atoms with Crippen LogP contribution < -0.4 is 9.80 Å². The third-order valence-corrected chi connectivity index (χ3v) is 6.04. The summed E-state index contributed by atoms with van der Waals surface area (Å²) in [5.74, 6) is -0.335. The summed E-state index contributed by atoms with van der Waals surface area (Å²) in [7, 11) is 0. The fourth-order valence-electron chi connectivity index (χ4n) is 3.91. The summed E-state index contributed by atoms with van der Waals surface area (Å²) in [5, 5.41) is 1.25. The maximum absolute atomic E-state index is 13.0. The molecule has 2 aromatic carbocycles. The molecule has 4 rings (SSSR count). The van der Waals surface area contributed by atoms with Gasteiger partial charge < -0.3 is 14.7 Å². The van der Waals surface area contributed by atoms with Gasteiger partial charge in [-0.2, -0.15) is 0 Å². The maximum Gasteiger partial charge on any atom is 0.228 e. The molecule has 5 nitrogen and oxygen atoms in total. The van der Waals surface area contributed by atoms with Gasteiger partial charge in [0.05, 0.1) is 27.3 Å². The number of benzene rings is 2. The minimum Gasteiger partial charge on any atom is -0.367 e. The molecule has 0 spiro atoms. The summed E-state index contributed by atoms with van der Waals surface area (Å²) < 4.78 is 0. The zero-order valence-electron chi connectivity index (χ0n) is 15.4. The molecule has 2 heterocycles. The van der Waals surface area contributed by atoms with Crippen LogP contribution in [0.4, 0.5) is 11.4 Å². The van der Waals surface area contributed by atoms with E-state index < -0.39 is 0 Å². The monoisotopic (exact) mass is 417 g/mol. The minimum absolute atomic E-state index is 0.0433.